The Morgan fingerprint density at radius 3 is 2.76 bits per heavy atom. The number of aromatic nitrogens is 1. The summed E-state index contributed by atoms with van der Waals surface area (Å²) in [7, 11) is 0. The monoisotopic (exact) mass is 323 g/mol. The summed E-state index contributed by atoms with van der Waals surface area (Å²) in [5, 5.41) is 5.64. The average molecular weight is 324 g/mol. The molecule has 3 rings (SSSR count). The zero-order valence-corrected chi connectivity index (χ0v) is 11.5. The number of fused-ring (bicyclic) bond motifs is 1. The molecule has 2 N–H and O–H groups in total. The molecule has 3 atom stereocenters. The van der Waals surface area contributed by atoms with E-state index >= 15 is 0 Å². The molecule has 9 heteroatoms. The van der Waals surface area contributed by atoms with Crippen LogP contribution in [0.2, 0.25) is 0 Å². The van der Waals surface area contributed by atoms with Gasteiger partial charge in [-0.15, -0.1) is 25.6 Å². The molecule has 1 aromatic heterocycles. The first kappa shape index (κ1) is 15.8. The molecule has 0 bridgehead atoms. The number of carbonyl (C=O) groups is 1. The molecular formula is C12H13ClF3N3O2. The van der Waals surface area contributed by atoms with Gasteiger partial charge in [0.05, 0.1) is 6.04 Å². The van der Waals surface area contributed by atoms with E-state index in [2.05, 4.69) is 20.4 Å². The number of hydrogen-bond donors (Lipinski definition) is 2. The standard InChI is InChI=1S/C12H12F3N3O2.ClH/c13-12(14,15)20-10-3-1-2-9(17-10)18-11(19)8-5-6-4-7(6)16-8;/h1-3,6-8,16H,4-5H2,(H,17,18,19);1H. The Kier molecular flexibility index (Phi) is 4.29. The Morgan fingerprint density at radius 1 is 1.38 bits per heavy atom. The van der Waals surface area contributed by atoms with Crippen LogP contribution in [0, 0.1) is 5.92 Å². The number of amides is 1. The van der Waals surface area contributed by atoms with E-state index in [-0.39, 0.29) is 30.2 Å². The van der Waals surface area contributed by atoms with E-state index in [0.717, 1.165) is 18.9 Å². The smallest absolute Gasteiger partial charge is 0.388 e. The van der Waals surface area contributed by atoms with E-state index in [1.54, 1.807) is 0 Å². The van der Waals surface area contributed by atoms with Crippen LogP contribution in [-0.4, -0.2) is 29.3 Å². The van der Waals surface area contributed by atoms with Crippen LogP contribution in [0.15, 0.2) is 18.2 Å². The Labute approximate surface area is 124 Å². The van der Waals surface area contributed by atoms with Gasteiger partial charge in [-0.1, -0.05) is 6.07 Å². The number of pyridine rings is 1. The molecule has 21 heavy (non-hydrogen) atoms. The molecule has 0 aromatic carbocycles. The van der Waals surface area contributed by atoms with Gasteiger partial charge in [0.15, 0.2) is 0 Å². The van der Waals surface area contributed by atoms with Crippen molar-refractivity contribution in [3.63, 3.8) is 0 Å². The van der Waals surface area contributed by atoms with Gasteiger partial charge in [0.1, 0.15) is 5.82 Å². The predicted octanol–water partition coefficient (Wildman–Crippen LogP) is 2.09. The van der Waals surface area contributed by atoms with Gasteiger partial charge >= 0.3 is 6.36 Å². The van der Waals surface area contributed by atoms with Gasteiger partial charge in [-0.05, 0) is 24.8 Å². The summed E-state index contributed by atoms with van der Waals surface area (Å²) >= 11 is 0. The van der Waals surface area contributed by atoms with Crippen molar-refractivity contribution in [1.82, 2.24) is 10.3 Å². The van der Waals surface area contributed by atoms with Gasteiger partial charge in [0.25, 0.3) is 0 Å². The molecule has 1 saturated heterocycles. The summed E-state index contributed by atoms with van der Waals surface area (Å²) in [4.78, 5) is 15.5. The van der Waals surface area contributed by atoms with Gasteiger partial charge in [0, 0.05) is 12.1 Å². The Bertz CT molecular complexity index is 531. The second kappa shape index (κ2) is 5.69. The zero-order valence-electron chi connectivity index (χ0n) is 10.7. The van der Waals surface area contributed by atoms with E-state index in [1.165, 1.54) is 12.1 Å². The topological polar surface area (TPSA) is 63.2 Å². The van der Waals surface area contributed by atoms with E-state index in [4.69, 9.17) is 0 Å². The Hall–Kier alpha value is -1.54. The minimum Gasteiger partial charge on any atom is -0.388 e. The third-order valence-corrected chi connectivity index (χ3v) is 3.39. The number of ether oxygens (including phenoxy) is 1. The van der Waals surface area contributed by atoms with E-state index < -0.39 is 12.2 Å². The van der Waals surface area contributed by atoms with Crippen molar-refractivity contribution in [3.05, 3.63) is 18.2 Å². The number of carbonyl (C=O) groups excluding carboxylic acids is 1. The zero-order chi connectivity index (χ0) is 14.3. The van der Waals surface area contributed by atoms with Crippen LogP contribution >= 0.6 is 12.4 Å². The maximum atomic E-state index is 12.1. The molecule has 2 fully saturated rings. The van der Waals surface area contributed by atoms with Crippen LogP contribution in [0.25, 0.3) is 0 Å². The average Bonchev–Trinajstić information content (AvgIpc) is 2.94. The van der Waals surface area contributed by atoms with Crippen molar-refractivity contribution in [2.24, 2.45) is 5.92 Å². The largest absolute Gasteiger partial charge is 0.574 e. The van der Waals surface area contributed by atoms with E-state index in [0.29, 0.717) is 12.0 Å². The number of anilines is 1. The molecule has 3 unspecified atom stereocenters. The lowest BCUT2D eigenvalue weighted by atomic mass is 10.2. The molecule has 1 aliphatic heterocycles. The molecule has 1 aliphatic carbocycles. The van der Waals surface area contributed by atoms with Crippen molar-refractivity contribution < 1.29 is 22.7 Å². The summed E-state index contributed by atoms with van der Waals surface area (Å²) in [5.41, 5.74) is 0. The Morgan fingerprint density at radius 2 is 2.14 bits per heavy atom. The lowest BCUT2D eigenvalue weighted by Gasteiger charge is -2.13. The number of hydrogen-bond acceptors (Lipinski definition) is 4. The third-order valence-electron chi connectivity index (χ3n) is 3.39. The summed E-state index contributed by atoms with van der Waals surface area (Å²) in [6.45, 7) is 0. The number of alkyl halides is 3. The van der Waals surface area contributed by atoms with Crippen molar-refractivity contribution in [3.8, 4) is 5.88 Å². The number of halogens is 4. The normalized spacial score (nSPS) is 26.5. The van der Waals surface area contributed by atoms with E-state index in [9.17, 15) is 18.0 Å². The molecule has 1 amide bonds. The van der Waals surface area contributed by atoms with Gasteiger partial charge in [0.2, 0.25) is 11.8 Å². The summed E-state index contributed by atoms with van der Waals surface area (Å²) in [6.07, 6.45) is -2.95. The third kappa shape index (κ3) is 3.98. The van der Waals surface area contributed by atoms with Crippen LogP contribution in [0.4, 0.5) is 19.0 Å². The molecule has 1 saturated carbocycles. The minimum absolute atomic E-state index is 0. The van der Waals surface area contributed by atoms with Gasteiger partial charge in [-0.25, -0.2) is 0 Å². The molecule has 0 radical (unpaired) electrons. The van der Waals surface area contributed by atoms with Crippen LogP contribution < -0.4 is 15.4 Å². The Balaban J connectivity index is 0.00000161. The van der Waals surface area contributed by atoms with Crippen LogP contribution in [0.1, 0.15) is 12.8 Å². The molecule has 2 aliphatic rings. The van der Waals surface area contributed by atoms with Crippen molar-refractivity contribution in [2.75, 3.05) is 5.32 Å². The highest BCUT2D eigenvalue weighted by atomic mass is 35.5. The quantitative estimate of drug-likeness (QED) is 0.894. The molecule has 116 valence electrons. The summed E-state index contributed by atoms with van der Waals surface area (Å²) < 4.78 is 39.9. The minimum atomic E-state index is -4.80. The molecule has 1 aromatic rings. The first-order chi connectivity index (χ1) is 9.40. The van der Waals surface area contributed by atoms with Crippen molar-refractivity contribution in [1.29, 1.82) is 0 Å². The highest BCUT2D eigenvalue weighted by Gasteiger charge is 2.47. The van der Waals surface area contributed by atoms with Crippen LogP contribution in [0.3, 0.4) is 0 Å². The summed E-state index contributed by atoms with van der Waals surface area (Å²) in [6, 6.07) is 3.94. The van der Waals surface area contributed by atoms with Crippen LogP contribution in [-0.2, 0) is 4.79 Å². The molecular weight excluding hydrogens is 311 g/mol. The lowest BCUT2D eigenvalue weighted by Crippen LogP contribution is -2.38. The fourth-order valence-corrected chi connectivity index (χ4v) is 2.40. The molecule has 2 heterocycles. The number of nitrogens with zero attached hydrogens (tertiary/aromatic N) is 1. The maximum Gasteiger partial charge on any atom is 0.574 e. The predicted molar refractivity (Wildman–Crippen MR) is 70.2 cm³/mol. The van der Waals surface area contributed by atoms with Gasteiger partial charge < -0.3 is 15.4 Å². The second-order valence-corrected chi connectivity index (χ2v) is 4.96. The van der Waals surface area contributed by atoms with Crippen LogP contribution in [0.5, 0.6) is 5.88 Å². The highest BCUT2D eigenvalue weighted by Crippen LogP contribution is 2.40. The number of piperidine rings is 1. The van der Waals surface area contributed by atoms with Gasteiger partial charge in [-0.3, -0.25) is 4.79 Å². The van der Waals surface area contributed by atoms with Crippen molar-refractivity contribution >= 4 is 24.1 Å². The van der Waals surface area contributed by atoms with Gasteiger partial charge in [-0.2, -0.15) is 4.98 Å². The fraction of sp³-hybridized carbons (Fsp3) is 0.500. The second-order valence-electron chi connectivity index (χ2n) is 4.96. The SMILES string of the molecule is Cl.O=C(Nc1cccc(OC(F)(F)F)n1)C1CC2CC2N1. The molecule has 5 nitrogen and oxygen atoms in total. The number of rotatable bonds is 3. The highest BCUT2D eigenvalue weighted by molar-refractivity contribution is 5.94. The van der Waals surface area contributed by atoms with E-state index in [1.807, 2.05) is 0 Å². The summed E-state index contributed by atoms with van der Waals surface area (Å²) in [5.74, 6) is -0.288. The van der Waals surface area contributed by atoms with Crippen molar-refractivity contribution in [2.45, 2.75) is 31.3 Å². The maximum absolute atomic E-state index is 12.1. The fourth-order valence-electron chi connectivity index (χ4n) is 2.40. The number of nitrogens with one attached hydrogen (secondary N) is 2. The molecule has 0 spiro atoms. The lowest BCUT2D eigenvalue weighted by molar-refractivity contribution is -0.276. The first-order valence-electron chi connectivity index (χ1n) is 6.20. The first-order valence-corrected chi connectivity index (χ1v) is 6.20.